The second kappa shape index (κ2) is 9.88. The van der Waals surface area contributed by atoms with Gasteiger partial charge >= 0.3 is 0 Å². The number of hydrogen-bond acceptors (Lipinski definition) is 4. The Kier molecular flexibility index (Phi) is 7.00. The molecule has 2 N–H and O–H groups in total. The molecule has 2 aromatic rings. The van der Waals surface area contributed by atoms with Gasteiger partial charge in [0, 0.05) is 12.6 Å². The van der Waals surface area contributed by atoms with Crippen LogP contribution in [0.1, 0.15) is 58.6 Å². The predicted octanol–water partition coefficient (Wildman–Crippen LogP) is 3.13. The topological polar surface area (TPSA) is 80.3 Å². The molecule has 0 unspecified atom stereocenters. The van der Waals surface area contributed by atoms with Crippen LogP contribution in [0.5, 0.6) is 5.75 Å². The molecule has 3 rings (SSSR count). The predicted molar refractivity (Wildman–Crippen MR) is 108 cm³/mol. The molecule has 0 spiro atoms. The van der Waals surface area contributed by atoms with Crippen LogP contribution < -0.4 is 15.4 Å². The highest BCUT2D eigenvalue weighted by Gasteiger charge is 2.18. The number of nitrogens with zero attached hydrogens (tertiary/aromatic N) is 1. The van der Waals surface area contributed by atoms with E-state index in [1.165, 1.54) is 6.42 Å². The van der Waals surface area contributed by atoms with Crippen LogP contribution in [0.4, 0.5) is 0 Å². The minimum atomic E-state index is -0.277. The van der Waals surface area contributed by atoms with Crippen molar-refractivity contribution in [2.24, 2.45) is 0 Å². The number of hydrogen-bond donors (Lipinski definition) is 2. The third-order valence-corrected chi connectivity index (χ3v) is 5.01. The minimum Gasteiger partial charge on any atom is -0.497 e. The molecule has 0 atom stereocenters. The largest absolute Gasteiger partial charge is 0.497 e. The Balaban J connectivity index is 1.51. The van der Waals surface area contributed by atoms with E-state index in [0.717, 1.165) is 37.0 Å². The number of carbonyl (C=O) groups is 2. The van der Waals surface area contributed by atoms with Gasteiger partial charge in [-0.1, -0.05) is 37.5 Å². The number of amides is 2. The first-order valence-corrected chi connectivity index (χ1v) is 9.85. The average Bonchev–Trinajstić information content (AvgIpc) is 2.75. The fraction of sp³-hybridized carbons (Fsp3) is 0.409. The maximum absolute atomic E-state index is 12.4. The SMILES string of the molecule is COc1ccc(CCNC(=O)c2cccc(C(=O)NC3CCCCC3)n2)cc1. The summed E-state index contributed by atoms with van der Waals surface area (Å²) in [5.41, 5.74) is 1.65. The highest BCUT2D eigenvalue weighted by molar-refractivity contribution is 5.96. The van der Waals surface area contributed by atoms with Crippen molar-refractivity contribution in [3.05, 3.63) is 59.4 Å². The lowest BCUT2D eigenvalue weighted by molar-refractivity contribution is 0.0922. The fourth-order valence-electron chi connectivity index (χ4n) is 3.40. The molecule has 1 aromatic heterocycles. The average molecular weight is 381 g/mol. The second-order valence-corrected chi connectivity index (χ2v) is 7.07. The van der Waals surface area contributed by atoms with Gasteiger partial charge in [-0.2, -0.15) is 0 Å². The Morgan fingerprint density at radius 1 is 1.00 bits per heavy atom. The Labute approximate surface area is 165 Å². The number of rotatable bonds is 7. The molecule has 6 heteroatoms. The standard InChI is InChI=1S/C22H27N3O3/c1-28-18-12-10-16(11-13-18)14-15-23-21(26)19-8-5-9-20(25-19)22(27)24-17-6-3-2-4-7-17/h5,8-13,17H,2-4,6-7,14-15H2,1H3,(H,23,26)(H,24,27). The summed E-state index contributed by atoms with van der Waals surface area (Å²) in [7, 11) is 1.63. The van der Waals surface area contributed by atoms with Crippen molar-refractivity contribution in [2.45, 2.75) is 44.6 Å². The molecule has 1 aromatic carbocycles. The molecule has 1 aliphatic carbocycles. The number of carbonyl (C=O) groups excluding carboxylic acids is 2. The van der Waals surface area contributed by atoms with Gasteiger partial charge in [0.25, 0.3) is 11.8 Å². The van der Waals surface area contributed by atoms with Gasteiger partial charge in [-0.15, -0.1) is 0 Å². The van der Waals surface area contributed by atoms with Crippen LogP contribution in [-0.4, -0.2) is 36.5 Å². The van der Waals surface area contributed by atoms with E-state index in [1.807, 2.05) is 24.3 Å². The van der Waals surface area contributed by atoms with E-state index in [4.69, 9.17) is 4.74 Å². The molecule has 1 saturated carbocycles. The van der Waals surface area contributed by atoms with Crippen molar-refractivity contribution in [3.63, 3.8) is 0 Å². The third kappa shape index (κ3) is 5.55. The number of pyridine rings is 1. The quantitative estimate of drug-likeness (QED) is 0.772. The second-order valence-electron chi connectivity index (χ2n) is 7.07. The highest BCUT2D eigenvalue weighted by atomic mass is 16.5. The summed E-state index contributed by atoms with van der Waals surface area (Å²) < 4.78 is 5.14. The van der Waals surface area contributed by atoms with Gasteiger partial charge in [-0.25, -0.2) is 4.98 Å². The summed E-state index contributed by atoms with van der Waals surface area (Å²) in [6.45, 7) is 0.491. The molecule has 1 aliphatic rings. The van der Waals surface area contributed by atoms with Crippen molar-refractivity contribution in [3.8, 4) is 5.75 Å². The molecule has 1 heterocycles. The van der Waals surface area contributed by atoms with Crippen LogP contribution in [0.15, 0.2) is 42.5 Å². The number of methoxy groups -OCH3 is 1. The maximum Gasteiger partial charge on any atom is 0.270 e. The van der Waals surface area contributed by atoms with Crippen LogP contribution >= 0.6 is 0 Å². The first-order valence-electron chi connectivity index (χ1n) is 9.85. The normalized spacial score (nSPS) is 14.3. The van der Waals surface area contributed by atoms with Gasteiger partial charge in [0.1, 0.15) is 17.1 Å². The lowest BCUT2D eigenvalue weighted by Gasteiger charge is -2.22. The van der Waals surface area contributed by atoms with Crippen LogP contribution in [0.25, 0.3) is 0 Å². The lowest BCUT2D eigenvalue weighted by atomic mass is 9.95. The Morgan fingerprint density at radius 3 is 2.36 bits per heavy atom. The summed E-state index contributed by atoms with van der Waals surface area (Å²) in [6, 6.07) is 12.9. The highest BCUT2D eigenvalue weighted by Crippen LogP contribution is 2.17. The van der Waals surface area contributed by atoms with Crippen LogP contribution in [0.2, 0.25) is 0 Å². The van der Waals surface area contributed by atoms with E-state index < -0.39 is 0 Å². The molecule has 2 amide bonds. The molecule has 0 bridgehead atoms. The Bertz CT molecular complexity index is 799. The smallest absolute Gasteiger partial charge is 0.270 e. The Morgan fingerprint density at radius 2 is 1.68 bits per heavy atom. The van der Waals surface area contributed by atoms with Crippen molar-refractivity contribution in [2.75, 3.05) is 13.7 Å². The molecule has 28 heavy (non-hydrogen) atoms. The molecule has 0 radical (unpaired) electrons. The summed E-state index contributed by atoms with van der Waals surface area (Å²) >= 11 is 0. The zero-order chi connectivity index (χ0) is 19.8. The van der Waals surface area contributed by atoms with E-state index in [9.17, 15) is 9.59 Å². The monoisotopic (exact) mass is 381 g/mol. The zero-order valence-corrected chi connectivity index (χ0v) is 16.2. The van der Waals surface area contributed by atoms with Crippen molar-refractivity contribution in [1.82, 2.24) is 15.6 Å². The maximum atomic E-state index is 12.4. The van der Waals surface area contributed by atoms with E-state index >= 15 is 0 Å². The molecule has 1 fully saturated rings. The van der Waals surface area contributed by atoms with Gasteiger partial charge < -0.3 is 15.4 Å². The number of ether oxygens (including phenoxy) is 1. The fourth-order valence-corrected chi connectivity index (χ4v) is 3.40. The minimum absolute atomic E-state index is 0.209. The summed E-state index contributed by atoms with van der Waals surface area (Å²) in [5, 5.41) is 5.89. The van der Waals surface area contributed by atoms with Crippen molar-refractivity contribution in [1.29, 1.82) is 0 Å². The summed E-state index contributed by atoms with van der Waals surface area (Å²) in [6.07, 6.45) is 6.26. The molecular formula is C22H27N3O3. The van der Waals surface area contributed by atoms with Crippen LogP contribution in [0, 0.1) is 0 Å². The molecule has 0 saturated heterocycles. The van der Waals surface area contributed by atoms with E-state index in [0.29, 0.717) is 13.0 Å². The van der Waals surface area contributed by atoms with Crippen LogP contribution in [-0.2, 0) is 6.42 Å². The van der Waals surface area contributed by atoms with Gasteiger partial charge in [-0.3, -0.25) is 9.59 Å². The summed E-state index contributed by atoms with van der Waals surface area (Å²) in [5.74, 6) is 0.320. The Hall–Kier alpha value is -2.89. The number of benzene rings is 1. The molecule has 148 valence electrons. The summed E-state index contributed by atoms with van der Waals surface area (Å²) in [4.78, 5) is 29.0. The van der Waals surface area contributed by atoms with Gasteiger partial charge in [0.2, 0.25) is 0 Å². The third-order valence-electron chi connectivity index (χ3n) is 5.01. The first-order chi connectivity index (χ1) is 13.7. The lowest BCUT2D eigenvalue weighted by Crippen LogP contribution is -2.37. The van der Waals surface area contributed by atoms with E-state index in [1.54, 1.807) is 25.3 Å². The zero-order valence-electron chi connectivity index (χ0n) is 16.2. The van der Waals surface area contributed by atoms with Gasteiger partial charge in [0.15, 0.2) is 0 Å². The number of aromatic nitrogens is 1. The number of nitrogens with one attached hydrogen (secondary N) is 2. The first kappa shape index (κ1) is 19.9. The van der Waals surface area contributed by atoms with Crippen LogP contribution in [0.3, 0.4) is 0 Å². The van der Waals surface area contributed by atoms with E-state index in [-0.39, 0.29) is 29.2 Å². The van der Waals surface area contributed by atoms with Crippen molar-refractivity contribution < 1.29 is 14.3 Å². The molecule has 0 aliphatic heterocycles. The van der Waals surface area contributed by atoms with Crippen molar-refractivity contribution >= 4 is 11.8 Å². The molecule has 6 nitrogen and oxygen atoms in total. The molecular weight excluding hydrogens is 354 g/mol. The van der Waals surface area contributed by atoms with E-state index in [2.05, 4.69) is 15.6 Å². The van der Waals surface area contributed by atoms with Gasteiger partial charge in [-0.05, 0) is 49.1 Å². The van der Waals surface area contributed by atoms with Gasteiger partial charge in [0.05, 0.1) is 7.11 Å².